The molecule has 1 aromatic carbocycles. The minimum absolute atomic E-state index is 0.0493. The van der Waals surface area contributed by atoms with Gasteiger partial charge < -0.3 is 9.80 Å². The molecule has 2 aromatic rings. The van der Waals surface area contributed by atoms with Crippen molar-refractivity contribution in [2.45, 2.75) is 70.0 Å². The van der Waals surface area contributed by atoms with Crippen molar-refractivity contribution in [3.63, 3.8) is 0 Å². The third-order valence-electron chi connectivity index (χ3n) is 7.68. The van der Waals surface area contributed by atoms with Crippen LogP contribution in [0.25, 0.3) is 0 Å². The van der Waals surface area contributed by atoms with Crippen molar-refractivity contribution >= 4 is 23.4 Å². The molecule has 2 atom stereocenters. The number of benzene rings is 1. The third-order valence-corrected chi connectivity index (χ3v) is 7.68. The first-order valence-corrected chi connectivity index (χ1v) is 12.4. The molecule has 7 heteroatoms. The fourth-order valence-electron chi connectivity index (χ4n) is 5.91. The molecule has 0 radical (unpaired) electrons. The highest BCUT2D eigenvalue weighted by molar-refractivity contribution is 6.10. The van der Waals surface area contributed by atoms with E-state index in [9.17, 15) is 14.4 Å². The van der Waals surface area contributed by atoms with Crippen molar-refractivity contribution in [3.05, 3.63) is 59.9 Å². The van der Waals surface area contributed by atoms with Crippen LogP contribution >= 0.6 is 0 Å². The van der Waals surface area contributed by atoms with Crippen LogP contribution in [0.15, 0.2) is 48.8 Å². The predicted octanol–water partition coefficient (Wildman–Crippen LogP) is 4.30. The summed E-state index contributed by atoms with van der Waals surface area (Å²) in [5.74, 6) is 0.132. The number of carbonyl (C=O) groups excluding carboxylic acids is 3. The number of carbonyl (C=O) groups is 3. The van der Waals surface area contributed by atoms with Gasteiger partial charge in [0.25, 0.3) is 5.91 Å². The van der Waals surface area contributed by atoms with E-state index >= 15 is 0 Å². The van der Waals surface area contributed by atoms with E-state index in [-0.39, 0.29) is 23.8 Å². The second-order valence-electron chi connectivity index (χ2n) is 9.76. The van der Waals surface area contributed by atoms with E-state index in [1.54, 1.807) is 23.4 Å². The van der Waals surface area contributed by atoms with Crippen molar-refractivity contribution < 1.29 is 14.4 Å². The van der Waals surface area contributed by atoms with Crippen LogP contribution in [0.1, 0.15) is 80.3 Å². The highest BCUT2D eigenvalue weighted by Gasteiger charge is 2.52. The molecule has 178 valence electrons. The number of anilines is 1. The van der Waals surface area contributed by atoms with Gasteiger partial charge in [0.1, 0.15) is 5.66 Å². The molecule has 3 amide bonds. The standard InChI is InChI=1S/C27H32N4O3/c1-27-15-12-25(33)31(27)23-10-5-4-8-21(23)26(34)30(27)19-7-11-24(32)29-18-6-2-3-9-22(29)20-13-16-28-17-14-20/h4-5,8,10,13-14,16-17,22H,2-3,6-7,9,11-12,15,18-19H2,1H3. The van der Waals surface area contributed by atoms with Crippen molar-refractivity contribution in [1.82, 2.24) is 14.8 Å². The number of para-hydroxylation sites is 1. The van der Waals surface area contributed by atoms with Gasteiger partial charge >= 0.3 is 0 Å². The molecular weight excluding hydrogens is 428 g/mol. The lowest BCUT2D eigenvalue weighted by molar-refractivity contribution is -0.134. The van der Waals surface area contributed by atoms with Gasteiger partial charge in [-0.1, -0.05) is 25.0 Å². The molecule has 2 unspecified atom stereocenters. The average molecular weight is 461 g/mol. The molecule has 2 fully saturated rings. The second kappa shape index (κ2) is 9.20. The van der Waals surface area contributed by atoms with Gasteiger partial charge in [0.15, 0.2) is 0 Å². The third kappa shape index (κ3) is 3.87. The van der Waals surface area contributed by atoms with Crippen LogP contribution in [0.5, 0.6) is 0 Å². The number of nitrogens with zero attached hydrogens (tertiary/aromatic N) is 4. The summed E-state index contributed by atoms with van der Waals surface area (Å²) in [7, 11) is 0. The predicted molar refractivity (Wildman–Crippen MR) is 129 cm³/mol. The smallest absolute Gasteiger partial charge is 0.257 e. The molecule has 34 heavy (non-hydrogen) atoms. The molecule has 0 bridgehead atoms. The molecule has 0 aliphatic carbocycles. The summed E-state index contributed by atoms with van der Waals surface area (Å²) in [4.78, 5) is 49.3. The Bertz CT molecular complexity index is 1090. The molecule has 0 spiro atoms. The molecule has 0 saturated carbocycles. The summed E-state index contributed by atoms with van der Waals surface area (Å²) >= 11 is 0. The van der Waals surface area contributed by atoms with Crippen molar-refractivity contribution in [1.29, 1.82) is 0 Å². The highest BCUT2D eigenvalue weighted by Crippen LogP contribution is 2.44. The van der Waals surface area contributed by atoms with Crippen LogP contribution in [0.3, 0.4) is 0 Å². The van der Waals surface area contributed by atoms with Gasteiger partial charge in [0.05, 0.1) is 17.3 Å². The number of aromatic nitrogens is 1. The SMILES string of the molecule is CC12CCC(=O)N1c1ccccc1C(=O)N2CCCC(=O)N1CCCCCC1c1ccncc1. The zero-order valence-electron chi connectivity index (χ0n) is 19.8. The zero-order valence-corrected chi connectivity index (χ0v) is 19.8. The number of hydrogen-bond acceptors (Lipinski definition) is 4. The molecule has 0 N–H and O–H groups in total. The maximum atomic E-state index is 13.4. The van der Waals surface area contributed by atoms with E-state index in [1.165, 1.54) is 0 Å². The first-order valence-electron chi connectivity index (χ1n) is 12.4. The molecule has 4 heterocycles. The normalized spacial score (nSPS) is 24.6. The van der Waals surface area contributed by atoms with Crippen molar-refractivity contribution in [2.24, 2.45) is 0 Å². The fraction of sp³-hybridized carbons (Fsp3) is 0.481. The van der Waals surface area contributed by atoms with Crippen molar-refractivity contribution in [3.8, 4) is 0 Å². The number of pyridine rings is 1. The van der Waals surface area contributed by atoms with Gasteiger partial charge in [0, 0.05) is 38.3 Å². The van der Waals surface area contributed by atoms with Gasteiger partial charge in [-0.3, -0.25) is 24.3 Å². The van der Waals surface area contributed by atoms with Gasteiger partial charge in [-0.2, -0.15) is 0 Å². The maximum Gasteiger partial charge on any atom is 0.257 e. The minimum atomic E-state index is -0.673. The Morgan fingerprint density at radius 1 is 1.09 bits per heavy atom. The largest absolute Gasteiger partial charge is 0.336 e. The molecule has 5 rings (SSSR count). The number of hydrogen-bond donors (Lipinski definition) is 0. The summed E-state index contributed by atoms with van der Waals surface area (Å²) in [5.41, 5.74) is 1.73. The van der Waals surface area contributed by atoms with Crippen LogP contribution < -0.4 is 4.90 Å². The Kier molecular flexibility index (Phi) is 6.11. The van der Waals surface area contributed by atoms with E-state index in [0.29, 0.717) is 43.5 Å². The topological polar surface area (TPSA) is 73.8 Å². The Labute approximate surface area is 200 Å². The molecule has 7 nitrogen and oxygen atoms in total. The van der Waals surface area contributed by atoms with E-state index in [0.717, 1.165) is 37.8 Å². The van der Waals surface area contributed by atoms with E-state index < -0.39 is 5.66 Å². The first-order chi connectivity index (χ1) is 16.5. The second-order valence-corrected chi connectivity index (χ2v) is 9.76. The zero-order chi connectivity index (χ0) is 23.7. The van der Waals surface area contributed by atoms with Crippen LogP contribution in [0.2, 0.25) is 0 Å². The van der Waals surface area contributed by atoms with E-state index in [1.807, 2.05) is 47.1 Å². The lowest BCUT2D eigenvalue weighted by atomic mass is 9.97. The summed E-state index contributed by atoms with van der Waals surface area (Å²) in [6.07, 6.45) is 9.80. The summed E-state index contributed by atoms with van der Waals surface area (Å²) in [6.45, 7) is 3.19. The molecule has 3 aliphatic heterocycles. The van der Waals surface area contributed by atoms with Gasteiger partial charge in [-0.25, -0.2) is 0 Å². The summed E-state index contributed by atoms with van der Waals surface area (Å²) in [6, 6.07) is 11.4. The van der Waals surface area contributed by atoms with Crippen LogP contribution in [-0.4, -0.2) is 51.3 Å². The van der Waals surface area contributed by atoms with E-state index in [2.05, 4.69) is 4.98 Å². The van der Waals surface area contributed by atoms with Gasteiger partial charge in [-0.05, 0) is 62.4 Å². The summed E-state index contributed by atoms with van der Waals surface area (Å²) in [5, 5.41) is 0. The average Bonchev–Trinajstić information content (AvgIpc) is 3.02. The Balaban J connectivity index is 1.31. The van der Waals surface area contributed by atoms with Crippen LogP contribution in [0, 0.1) is 0 Å². The Morgan fingerprint density at radius 2 is 1.88 bits per heavy atom. The number of amides is 3. The van der Waals surface area contributed by atoms with E-state index in [4.69, 9.17) is 0 Å². The van der Waals surface area contributed by atoms with Crippen LogP contribution in [0.4, 0.5) is 5.69 Å². The number of likely N-dealkylation sites (tertiary alicyclic amines) is 1. The highest BCUT2D eigenvalue weighted by atomic mass is 16.2. The van der Waals surface area contributed by atoms with Gasteiger partial charge in [-0.15, -0.1) is 0 Å². The van der Waals surface area contributed by atoms with Gasteiger partial charge in [0.2, 0.25) is 11.8 Å². The quantitative estimate of drug-likeness (QED) is 0.667. The Morgan fingerprint density at radius 3 is 2.71 bits per heavy atom. The molecule has 2 saturated heterocycles. The monoisotopic (exact) mass is 460 g/mol. The minimum Gasteiger partial charge on any atom is -0.336 e. The molecular formula is C27H32N4O3. The maximum absolute atomic E-state index is 13.4. The van der Waals surface area contributed by atoms with Crippen LogP contribution in [-0.2, 0) is 9.59 Å². The molecule has 3 aliphatic rings. The lowest BCUT2D eigenvalue weighted by Crippen LogP contribution is -2.62. The summed E-state index contributed by atoms with van der Waals surface area (Å²) < 4.78 is 0. The first kappa shape index (κ1) is 22.6. The number of fused-ring (bicyclic) bond motifs is 3. The Hall–Kier alpha value is -3.22. The number of rotatable bonds is 5. The fourth-order valence-corrected chi connectivity index (χ4v) is 5.91. The van der Waals surface area contributed by atoms with Crippen molar-refractivity contribution in [2.75, 3.05) is 18.0 Å². The molecule has 1 aromatic heterocycles. The lowest BCUT2D eigenvalue weighted by Gasteiger charge is -2.48.